The van der Waals surface area contributed by atoms with Crippen LogP contribution >= 0.6 is 23.2 Å². The highest BCUT2D eigenvalue weighted by Gasteiger charge is 2.54. The molecule has 33 heavy (non-hydrogen) atoms. The molecule has 21 heteroatoms. The van der Waals surface area contributed by atoms with Crippen LogP contribution in [0.4, 0.5) is 5.82 Å². The van der Waals surface area contributed by atoms with E-state index in [1.54, 1.807) is 0 Å². The average Bonchev–Trinajstić information content (AvgIpc) is 3.10. The molecule has 0 aromatic carbocycles. The van der Waals surface area contributed by atoms with Gasteiger partial charge in [-0.25, -0.2) is 18.4 Å². The van der Waals surface area contributed by atoms with Crippen LogP contribution in [0.2, 0.25) is 0 Å². The second kappa shape index (κ2) is 8.77. The Morgan fingerprint density at radius 2 is 1.88 bits per heavy atom. The maximum atomic E-state index is 12.0. The van der Waals surface area contributed by atoms with Crippen LogP contribution < -0.4 is 11.1 Å². The van der Waals surface area contributed by atoms with E-state index in [1.165, 1.54) is 17.8 Å². The number of imidazole rings is 1. The van der Waals surface area contributed by atoms with Gasteiger partial charge in [-0.1, -0.05) is 0 Å². The van der Waals surface area contributed by atoms with Crippen molar-refractivity contribution < 1.29 is 61.9 Å². The molecular formula is C12H22N5O13P3. The van der Waals surface area contributed by atoms with Crippen molar-refractivity contribution in [2.24, 2.45) is 10.7 Å². The van der Waals surface area contributed by atoms with Crippen molar-refractivity contribution in [2.75, 3.05) is 6.35 Å². The third-order valence-electron chi connectivity index (χ3n) is 4.87. The number of ether oxygens (including phenoxy) is 1. The minimum Gasteiger partial charge on any atom is -0.387 e. The number of rotatable bonds is 8. The van der Waals surface area contributed by atoms with Crippen molar-refractivity contribution in [1.29, 1.82) is 0 Å². The zero-order valence-corrected chi connectivity index (χ0v) is 19.3. The van der Waals surface area contributed by atoms with Gasteiger partial charge in [0.15, 0.2) is 18.0 Å². The maximum Gasteiger partial charge on any atom is 0.488 e. The summed E-state index contributed by atoms with van der Waals surface area (Å²) in [6.45, 7) is 1.24. The molecule has 2 heterocycles. The lowest BCUT2D eigenvalue weighted by Gasteiger charge is -2.30. The molecule has 18 nitrogen and oxygen atoms in total. The van der Waals surface area contributed by atoms with Gasteiger partial charge in [-0.3, -0.25) is 4.57 Å². The number of phosphoric acid groups is 2. The number of guanidine groups is 1. The standard InChI is InChI=1S/C12H22N5O13P3/c1-12(20)6(17-3-14-7-9(17)15-11(13)16-10(7)19)2-5(8(12)18)28-4-31(21,22)29-33(26,27)30-32(23,24)25/h3,5-6,8,10,18-20H,2,4H2,1H3,(H,21,22)(H,26,27)(H3,13,15,16)(H2,23,24,25)/t5-,6+,8+,10?,12-/m0/s1. The van der Waals surface area contributed by atoms with Crippen LogP contribution in [0.15, 0.2) is 11.3 Å². The first-order chi connectivity index (χ1) is 14.9. The summed E-state index contributed by atoms with van der Waals surface area (Å²) in [6, 6.07) is -0.975. The second-order valence-electron chi connectivity index (χ2n) is 7.42. The van der Waals surface area contributed by atoms with Crippen molar-refractivity contribution in [3.05, 3.63) is 12.0 Å². The summed E-state index contributed by atoms with van der Waals surface area (Å²) in [5, 5.41) is 33.8. The van der Waals surface area contributed by atoms with E-state index in [4.69, 9.17) is 20.3 Å². The molecule has 3 unspecified atom stereocenters. The Labute approximate surface area is 185 Å². The molecule has 10 N–H and O–H groups in total. The Kier molecular flexibility index (Phi) is 7.01. The van der Waals surface area contributed by atoms with Gasteiger partial charge in [-0.2, -0.15) is 9.30 Å². The van der Waals surface area contributed by atoms with Gasteiger partial charge in [-0.05, 0) is 13.3 Å². The molecule has 1 aromatic rings. The normalized spacial score (nSPS) is 33.5. The number of aromatic nitrogens is 2. The Morgan fingerprint density at radius 1 is 1.24 bits per heavy atom. The quantitative estimate of drug-likeness (QED) is 0.166. The van der Waals surface area contributed by atoms with Gasteiger partial charge in [0.1, 0.15) is 23.7 Å². The van der Waals surface area contributed by atoms with Crippen LogP contribution in [0.3, 0.4) is 0 Å². The number of nitrogens with zero attached hydrogens (tertiary/aromatic N) is 3. The fourth-order valence-corrected chi connectivity index (χ4v) is 6.82. The van der Waals surface area contributed by atoms with Gasteiger partial charge in [0, 0.05) is 0 Å². The molecule has 0 spiro atoms. The summed E-state index contributed by atoms with van der Waals surface area (Å²) in [7, 11) is -16.3. The van der Waals surface area contributed by atoms with Gasteiger partial charge in [0.2, 0.25) is 0 Å². The summed E-state index contributed by atoms with van der Waals surface area (Å²) in [6.07, 6.45) is -4.51. The van der Waals surface area contributed by atoms with Gasteiger partial charge in [0.05, 0.1) is 18.5 Å². The van der Waals surface area contributed by atoms with Gasteiger partial charge >= 0.3 is 23.2 Å². The molecule has 7 atom stereocenters. The summed E-state index contributed by atoms with van der Waals surface area (Å²) >= 11 is 0. The molecule has 1 fully saturated rings. The number of aliphatic hydroxyl groups excluding tert-OH is 2. The largest absolute Gasteiger partial charge is 0.488 e. The van der Waals surface area contributed by atoms with E-state index in [1.807, 2.05) is 0 Å². The number of aliphatic imine (C=N–C) groups is 1. The highest BCUT2D eigenvalue weighted by molar-refractivity contribution is 7.68. The summed E-state index contributed by atoms with van der Waals surface area (Å²) in [4.78, 5) is 44.0. The monoisotopic (exact) mass is 537 g/mol. The minimum absolute atomic E-state index is 0.0869. The molecule has 2 aliphatic rings. The lowest BCUT2D eigenvalue weighted by atomic mass is 9.98. The molecule has 1 saturated carbocycles. The van der Waals surface area contributed by atoms with Crippen molar-refractivity contribution in [1.82, 2.24) is 14.9 Å². The first kappa shape index (κ1) is 26.4. The van der Waals surface area contributed by atoms with Crippen molar-refractivity contribution in [3.63, 3.8) is 0 Å². The van der Waals surface area contributed by atoms with E-state index in [9.17, 15) is 38.8 Å². The summed E-state index contributed by atoms with van der Waals surface area (Å²) in [5.41, 5.74) is 3.79. The number of fused-ring (bicyclic) bond motifs is 1. The maximum absolute atomic E-state index is 12.0. The molecule has 1 aromatic heterocycles. The lowest BCUT2D eigenvalue weighted by molar-refractivity contribution is -0.0995. The molecule has 1 aliphatic carbocycles. The van der Waals surface area contributed by atoms with Crippen molar-refractivity contribution >= 4 is 35.0 Å². The molecule has 0 amide bonds. The summed E-state index contributed by atoms with van der Waals surface area (Å²) in [5.74, 6) is -0.0455. The third-order valence-corrected chi connectivity index (χ3v) is 8.87. The molecule has 3 rings (SSSR count). The van der Waals surface area contributed by atoms with Crippen LogP contribution in [0.1, 0.15) is 31.3 Å². The van der Waals surface area contributed by atoms with Crippen LogP contribution in [0.25, 0.3) is 0 Å². The van der Waals surface area contributed by atoms with E-state index >= 15 is 0 Å². The first-order valence-electron chi connectivity index (χ1n) is 8.92. The van der Waals surface area contributed by atoms with Gasteiger partial charge in [0.25, 0.3) is 0 Å². The number of nitrogens with one attached hydrogen (secondary N) is 1. The predicted molar refractivity (Wildman–Crippen MR) is 105 cm³/mol. The highest BCUT2D eigenvalue weighted by atomic mass is 31.3. The predicted octanol–water partition coefficient (Wildman–Crippen LogP) is -1.77. The third kappa shape index (κ3) is 5.89. The number of hydrogen-bond donors (Lipinski definition) is 9. The SMILES string of the molecule is C[C@@]1(O)[C@H](O)[C@@H](OCP(=O)(O)OP(=O)(O)OP(=O)(O)O)C[C@H]1n1cnc2c1N=C(N)NC2O. The Hall–Kier alpha value is -1.23. The fourth-order valence-electron chi connectivity index (χ4n) is 3.50. The van der Waals surface area contributed by atoms with E-state index in [2.05, 4.69) is 23.9 Å². The Bertz CT molecular complexity index is 1090. The van der Waals surface area contributed by atoms with Crippen LogP contribution in [-0.2, 0) is 27.1 Å². The Morgan fingerprint density at radius 3 is 2.48 bits per heavy atom. The average molecular weight is 537 g/mol. The lowest BCUT2D eigenvalue weighted by Crippen LogP contribution is -2.44. The van der Waals surface area contributed by atoms with E-state index in [-0.39, 0.29) is 23.9 Å². The molecule has 0 bridgehead atoms. The van der Waals surface area contributed by atoms with E-state index in [0.717, 1.165) is 0 Å². The molecule has 0 saturated heterocycles. The zero-order chi connectivity index (χ0) is 25.0. The van der Waals surface area contributed by atoms with Crippen molar-refractivity contribution in [2.45, 2.75) is 43.4 Å². The smallest absolute Gasteiger partial charge is 0.387 e. The van der Waals surface area contributed by atoms with E-state index in [0.29, 0.717) is 0 Å². The molecule has 0 radical (unpaired) electrons. The Balaban J connectivity index is 1.74. The first-order valence-corrected chi connectivity index (χ1v) is 13.7. The van der Waals surface area contributed by atoms with Crippen LogP contribution in [0.5, 0.6) is 0 Å². The van der Waals surface area contributed by atoms with Crippen LogP contribution in [-0.4, -0.2) is 74.6 Å². The molecule has 1 aliphatic heterocycles. The number of aliphatic hydroxyl groups is 3. The molecule has 188 valence electrons. The number of nitrogens with two attached hydrogens (primary N) is 1. The van der Waals surface area contributed by atoms with Crippen molar-refractivity contribution in [3.8, 4) is 0 Å². The topological polar surface area (TPSA) is 289 Å². The van der Waals surface area contributed by atoms with Crippen LogP contribution in [0, 0.1) is 0 Å². The fraction of sp³-hybridized carbons (Fsp3) is 0.667. The van der Waals surface area contributed by atoms with Gasteiger partial charge in [-0.15, -0.1) is 0 Å². The zero-order valence-electron chi connectivity index (χ0n) is 16.6. The second-order valence-corrected chi connectivity index (χ2v) is 12.2. The van der Waals surface area contributed by atoms with E-state index < -0.39 is 59.7 Å². The minimum atomic E-state index is -5.65. The van der Waals surface area contributed by atoms with Gasteiger partial charge < -0.3 is 55.2 Å². The number of hydrogen-bond acceptors (Lipinski definition) is 13. The molecular weight excluding hydrogens is 515 g/mol. The summed E-state index contributed by atoms with van der Waals surface area (Å²) < 4.78 is 48.0. The highest BCUT2D eigenvalue weighted by Crippen LogP contribution is 2.66.